The molecule has 0 saturated heterocycles. The van der Waals surface area contributed by atoms with Crippen LogP contribution in [0.25, 0.3) is 21.0 Å². The highest BCUT2D eigenvalue weighted by Gasteiger charge is 2.18. The van der Waals surface area contributed by atoms with Crippen molar-refractivity contribution in [1.82, 2.24) is 4.98 Å². The predicted octanol–water partition coefficient (Wildman–Crippen LogP) is 5.41. The van der Waals surface area contributed by atoms with E-state index in [-0.39, 0.29) is 5.91 Å². The standard InChI is InChI=1S/C21H18N2O2S/c1-3-25-16-12-11-14-8-4-5-9-15(14)18(16)20(24)23-21-22-19-13(2)7-6-10-17(19)26-21/h4-12H,3H2,1-2H3,(H,22,23,24). The van der Waals surface area contributed by atoms with Crippen molar-refractivity contribution in [3.63, 3.8) is 0 Å². The van der Waals surface area contributed by atoms with Gasteiger partial charge in [-0.1, -0.05) is 53.8 Å². The summed E-state index contributed by atoms with van der Waals surface area (Å²) in [6.45, 7) is 4.43. The number of carbonyl (C=O) groups is 1. The quantitative estimate of drug-likeness (QED) is 0.528. The Morgan fingerprint density at radius 2 is 1.96 bits per heavy atom. The minimum Gasteiger partial charge on any atom is -0.493 e. The van der Waals surface area contributed by atoms with Crippen molar-refractivity contribution in [1.29, 1.82) is 0 Å². The molecule has 0 saturated carbocycles. The molecule has 0 spiro atoms. The zero-order chi connectivity index (χ0) is 18.1. The molecule has 5 heteroatoms. The molecule has 1 amide bonds. The first-order chi connectivity index (χ1) is 12.7. The van der Waals surface area contributed by atoms with Gasteiger partial charge in [-0.15, -0.1) is 0 Å². The van der Waals surface area contributed by atoms with E-state index in [0.29, 0.717) is 23.1 Å². The first-order valence-corrected chi connectivity index (χ1v) is 9.31. The Balaban J connectivity index is 1.77. The number of benzene rings is 3. The maximum Gasteiger partial charge on any atom is 0.261 e. The number of carbonyl (C=O) groups excluding carboxylic acids is 1. The van der Waals surface area contributed by atoms with E-state index in [9.17, 15) is 4.79 Å². The van der Waals surface area contributed by atoms with Crippen LogP contribution in [0.4, 0.5) is 5.13 Å². The van der Waals surface area contributed by atoms with Crippen molar-refractivity contribution in [2.45, 2.75) is 13.8 Å². The molecule has 0 aliphatic carbocycles. The molecule has 4 rings (SSSR count). The van der Waals surface area contributed by atoms with Crippen LogP contribution in [0.2, 0.25) is 0 Å². The monoisotopic (exact) mass is 362 g/mol. The van der Waals surface area contributed by atoms with Crippen LogP contribution in [-0.2, 0) is 0 Å². The summed E-state index contributed by atoms with van der Waals surface area (Å²) in [4.78, 5) is 17.6. The van der Waals surface area contributed by atoms with Crippen molar-refractivity contribution in [2.75, 3.05) is 11.9 Å². The van der Waals surface area contributed by atoms with Gasteiger partial charge in [-0.05, 0) is 42.3 Å². The second-order valence-electron chi connectivity index (χ2n) is 5.99. The Morgan fingerprint density at radius 1 is 1.12 bits per heavy atom. The molecule has 0 atom stereocenters. The summed E-state index contributed by atoms with van der Waals surface area (Å²) >= 11 is 1.48. The molecule has 0 radical (unpaired) electrons. The Bertz CT molecular complexity index is 1120. The number of anilines is 1. The summed E-state index contributed by atoms with van der Waals surface area (Å²) in [5, 5.41) is 5.42. The molecule has 1 heterocycles. The largest absolute Gasteiger partial charge is 0.493 e. The number of thiazole rings is 1. The predicted molar refractivity (Wildman–Crippen MR) is 107 cm³/mol. The second kappa shape index (κ2) is 6.77. The van der Waals surface area contributed by atoms with Crippen molar-refractivity contribution in [3.05, 3.63) is 65.7 Å². The minimum absolute atomic E-state index is 0.207. The molecule has 4 aromatic rings. The molecule has 0 aliphatic rings. The third-order valence-corrected chi connectivity index (χ3v) is 5.19. The van der Waals surface area contributed by atoms with Crippen molar-refractivity contribution in [2.24, 2.45) is 0 Å². The zero-order valence-electron chi connectivity index (χ0n) is 14.6. The molecule has 1 aromatic heterocycles. The fourth-order valence-electron chi connectivity index (χ4n) is 3.06. The lowest BCUT2D eigenvalue weighted by Gasteiger charge is -2.12. The lowest BCUT2D eigenvalue weighted by atomic mass is 10.0. The molecule has 0 bridgehead atoms. The normalized spacial score (nSPS) is 11.0. The Morgan fingerprint density at radius 3 is 2.77 bits per heavy atom. The molecule has 3 aromatic carbocycles. The number of ether oxygens (including phenoxy) is 1. The van der Waals surface area contributed by atoms with E-state index in [1.54, 1.807) is 0 Å². The summed E-state index contributed by atoms with van der Waals surface area (Å²) in [7, 11) is 0. The SMILES string of the molecule is CCOc1ccc2ccccc2c1C(=O)Nc1nc2c(C)cccc2s1. The lowest BCUT2D eigenvalue weighted by Crippen LogP contribution is -2.14. The van der Waals surface area contributed by atoms with Crippen LogP contribution < -0.4 is 10.1 Å². The highest BCUT2D eigenvalue weighted by atomic mass is 32.1. The van der Waals surface area contributed by atoms with Gasteiger partial charge in [0.25, 0.3) is 5.91 Å². The van der Waals surface area contributed by atoms with Gasteiger partial charge in [0.05, 0.1) is 22.4 Å². The molecule has 0 fully saturated rings. The highest BCUT2D eigenvalue weighted by Crippen LogP contribution is 2.31. The molecular formula is C21H18N2O2S. The molecular weight excluding hydrogens is 344 g/mol. The average molecular weight is 362 g/mol. The van der Waals surface area contributed by atoms with E-state index in [1.807, 2.05) is 68.4 Å². The van der Waals surface area contributed by atoms with Crippen LogP contribution in [0.3, 0.4) is 0 Å². The van der Waals surface area contributed by atoms with Crippen molar-refractivity contribution < 1.29 is 9.53 Å². The van der Waals surface area contributed by atoms with E-state index in [4.69, 9.17) is 4.74 Å². The van der Waals surface area contributed by atoms with Gasteiger partial charge in [0, 0.05) is 0 Å². The van der Waals surface area contributed by atoms with Gasteiger partial charge in [0.2, 0.25) is 0 Å². The molecule has 0 aliphatic heterocycles. The van der Waals surface area contributed by atoms with E-state index in [2.05, 4.69) is 10.3 Å². The number of nitrogens with one attached hydrogen (secondary N) is 1. The van der Waals surface area contributed by atoms with Gasteiger partial charge in [-0.3, -0.25) is 10.1 Å². The van der Waals surface area contributed by atoms with Gasteiger partial charge in [0.1, 0.15) is 5.75 Å². The summed E-state index contributed by atoms with van der Waals surface area (Å²) < 4.78 is 6.76. The highest BCUT2D eigenvalue weighted by molar-refractivity contribution is 7.22. The summed E-state index contributed by atoms with van der Waals surface area (Å²) in [5.41, 5.74) is 2.57. The van der Waals surface area contributed by atoms with Crippen molar-refractivity contribution >= 4 is 43.4 Å². The van der Waals surface area contributed by atoms with E-state index in [1.165, 1.54) is 11.3 Å². The van der Waals surface area contributed by atoms with Crippen LogP contribution in [0.5, 0.6) is 5.75 Å². The van der Waals surface area contributed by atoms with Gasteiger partial charge < -0.3 is 4.74 Å². The third-order valence-electron chi connectivity index (χ3n) is 4.26. The van der Waals surface area contributed by atoms with Crippen LogP contribution >= 0.6 is 11.3 Å². The number of nitrogens with zero attached hydrogens (tertiary/aromatic N) is 1. The fraction of sp³-hybridized carbons (Fsp3) is 0.143. The Hall–Kier alpha value is -2.92. The first kappa shape index (κ1) is 16.5. The van der Waals surface area contributed by atoms with Gasteiger partial charge in [-0.2, -0.15) is 0 Å². The van der Waals surface area contributed by atoms with Crippen LogP contribution in [0, 0.1) is 6.92 Å². The lowest BCUT2D eigenvalue weighted by molar-refractivity contribution is 0.102. The van der Waals surface area contributed by atoms with Gasteiger partial charge in [0.15, 0.2) is 5.13 Å². The maximum atomic E-state index is 13.1. The molecule has 0 unspecified atom stereocenters. The summed E-state index contributed by atoms with van der Waals surface area (Å²) in [5.74, 6) is 0.378. The number of hydrogen-bond acceptors (Lipinski definition) is 4. The van der Waals surface area contributed by atoms with Crippen molar-refractivity contribution in [3.8, 4) is 5.75 Å². The minimum atomic E-state index is -0.207. The number of fused-ring (bicyclic) bond motifs is 2. The number of amides is 1. The number of aryl methyl sites for hydroxylation is 1. The van der Waals surface area contributed by atoms with E-state index >= 15 is 0 Å². The van der Waals surface area contributed by atoms with Crippen LogP contribution in [0.1, 0.15) is 22.8 Å². The van der Waals surface area contributed by atoms with Crippen LogP contribution in [-0.4, -0.2) is 17.5 Å². The molecule has 26 heavy (non-hydrogen) atoms. The Kier molecular flexibility index (Phi) is 4.31. The topological polar surface area (TPSA) is 51.2 Å². The summed E-state index contributed by atoms with van der Waals surface area (Å²) in [6.07, 6.45) is 0. The average Bonchev–Trinajstić information content (AvgIpc) is 3.05. The number of hydrogen-bond donors (Lipinski definition) is 1. The summed E-state index contributed by atoms with van der Waals surface area (Å²) in [6, 6.07) is 17.7. The van der Waals surface area contributed by atoms with Crippen LogP contribution in [0.15, 0.2) is 54.6 Å². The molecule has 1 N–H and O–H groups in total. The molecule has 4 nitrogen and oxygen atoms in total. The third kappa shape index (κ3) is 2.91. The number of para-hydroxylation sites is 1. The van der Waals surface area contributed by atoms with Gasteiger partial charge >= 0.3 is 0 Å². The molecule has 130 valence electrons. The Labute approximate surface area is 155 Å². The van der Waals surface area contributed by atoms with Gasteiger partial charge in [-0.25, -0.2) is 4.98 Å². The van der Waals surface area contributed by atoms with E-state index < -0.39 is 0 Å². The zero-order valence-corrected chi connectivity index (χ0v) is 15.4. The van der Waals surface area contributed by atoms with E-state index in [0.717, 1.165) is 26.6 Å². The first-order valence-electron chi connectivity index (χ1n) is 8.49. The number of rotatable bonds is 4. The smallest absolute Gasteiger partial charge is 0.261 e. The fourth-order valence-corrected chi connectivity index (χ4v) is 4.00. The maximum absolute atomic E-state index is 13.1. The second-order valence-corrected chi connectivity index (χ2v) is 7.02. The number of aromatic nitrogens is 1.